The van der Waals surface area contributed by atoms with Crippen molar-refractivity contribution in [3.05, 3.63) is 0 Å². The van der Waals surface area contributed by atoms with E-state index in [0.717, 1.165) is 19.3 Å². The lowest BCUT2D eigenvalue weighted by atomic mass is 10.0. The molecular formula is C26H53NO5. The Hall–Kier alpha value is -0.690. The minimum Gasteiger partial charge on any atom is -0.828 e. The third-order valence-corrected chi connectivity index (χ3v) is 5.80. The van der Waals surface area contributed by atoms with Crippen LogP contribution in [0.2, 0.25) is 0 Å². The van der Waals surface area contributed by atoms with Gasteiger partial charge in [0.1, 0.15) is 12.6 Å². The largest absolute Gasteiger partial charge is 0.828 e. The van der Waals surface area contributed by atoms with Crippen molar-refractivity contribution in [3.63, 3.8) is 0 Å². The Morgan fingerprint density at radius 2 is 1.25 bits per heavy atom. The molecule has 0 fully saturated rings. The highest BCUT2D eigenvalue weighted by molar-refractivity contribution is 5.69. The summed E-state index contributed by atoms with van der Waals surface area (Å²) in [6.45, 7) is 2.69. The number of hydrogen-bond donors (Lipinski definition) is 1. The van der Waals surface area contributed by atoms with Gasteiger partial charge < -0.3 is 24.2 Å². The van der Waals surface area contributed by atoms with E-state index in [2.05, 4.69) is 6.92 Å². The van der Waals surface area contributed by atoms with E-state index >= 15 is 0 Å². The summed E-state index contributed by atoms with van der Waals surface area (Å²) in [6, 6.07) is 0. The van der Waals surface area contributed by atoms with E-state index in [4.69, 9.17) is 9.47 Å². The summed E-state index contributed by atoms with van der Waals surface area (Å²) in [5.74, 6) is -0.421. The summed E-state index contributed by atoms with van der Waals surface area (Å²) in [4.78, 5) is 12.0. The molecule has 0 aliphatic rings. The molecule has 2 unspecified atom stereocenters. The summed E-state index contributed by atoms with van der Waals surface area (Å²) in [5.41, 5.74) is 0. The molecule has 0 amide bonds. The van der Waals surface area contributed by atoms with E-state index in [9.17, 15) is 15.0 Å². The second kappa shape index (κ2) is 20.9. The quantitative estimate of drug-likeness (QED) is 0.105. The number of hydrogen-bond acceptors (Lipinski definition) is 5. The number of likely N-dealkylation sites (N-methyl/N-ethyl adjacent to an activating group) is 1. The molecule has 0 radical (unpaired) electrons. The van der Waals surface area contributed by atoms with Crippen LogP contribution in [0.25, 0.3) is 0 Å². The molecule has 32 heavy (non-hydrogen) atoms. The third kappa shape index (κ3) is 21.2. The molecule has 0 aromatic carbocycles. The second-order valence-electron chi connectivity index (χ2n) is 10.2. The van der Waals surface area contributed by atoms with Crippen molar-refractivity contribution in [2.24, 2.45) is 0 Å². The zero-order valence-electron chi connectivity index (χ0n) is 21.6. The van der Waals surface area contributed by atoms with Crippen LogP contribution in [0.4, 0.5) is 0 Å². The fourth-order valence-corrected chi connectivity index (χ4v) is 3.60. The van der Waals surface area contributed by atoms with E-state index in [0.29, 0.717) is 17.4 Å². The highest BCUT2D eigenvalue weighted by Gasteiger charge is 2.18. The molecule has 0 aromatic heterocycles. The van der Waals surface area contributed by atoms with Crippen molar-refractivity contribution < 1.29 is 29.0 Å². The Kier molecular flexibility index (Phi) is 20.4. The molecule has 0 bridgehead atoms. The molecule has 0 aromatic rings. The van der Waals surface area contributed by atoms with Gasteiger partial charge in [0.25, 0.3) is 0 Å². The second-order valence-corrected chi connectivity index (χ2v) is 10.2. The average Bonchev–Trinajstić information content (AvgIpc) is 2.73. The lowest BCUT2D eigenvalue weighted by Crippen LogP contribution is -2.47. The maximum Gasteiger partial charge on any atom is 0.306 e. The number of carbonyl (C=O) groups excluding carboxylic acids is 1. The van der Waals surface area contributed by atoms with Gasteiger partial charge in [0.2, 0.25) is 0 Å². The maximum atomic E-state index is 12.0. The van der Waals surface area contributed by atoms with E-state index in [1.165, 1.54) is 77.0 Å². The molecule has 0 saturated heterocycles. The van der Waals surface area contributed by atoms with E-state index in [-0.39, 0.29) is 6.61 Å². The van der Waals surface area contributed by atoms with Crippen LogP contribution in [0, 0.1) is 0 Å². The number of unbranched alkanes of at least 4 members (excludes halogenated alkanes) is 14. The van der Waals surface area contributed by atoms with Gasteiger partial charge in [0.15, 0.2) is 0 Å². The van der Waals surface area contributed by atoms with Gasteiger partial charge in [-0.1, -0.05) is 96.8 Å². The summed E-state index contributed by atoms with van der Waals surface area (Å²) < 4.78 is 11.0. The first-order chi connectivity index (χ1) is 15.3. The van der Waals surface area contributed by atoms with Gasteiger partial charge >= 0.3 is 5.97 Å². The molecule has 6 heteroatoms. The molecule has 1 N–H and O–H groups in total. The molecule has 6 nitrogen and oxygen atoms in total. The Balaban J connectivity index is 3.56. The van der Waals surface area contributed by atoms with Gasteiger partial charge in [0, 0.05) is 12.7 Å². The molecular weight excluding hydrogens is 406 g/mol. The Morgan fingerprint density at radius 3 is 1.66 bits per heavy atom. The first-order valence-corrected chi connectivity index (χ1v) is 13.2. The van der Waals surface area contributed by atoms with Crippen LogP contribution < -0.4 is 5.11 Å². The normalized spacial score (nSPS) is 13.8. The van der Waals surface area contributed by atoms with Gasteiger partial charge in [-0.15, -0.1) is 0 Å². The fraction of sp³-hybridized carbons (Fsp3) is 0.962. The van der Waals surface area contributed by atoms with Crippen LogP contribution in [0.5, 0.6) is 0 Å². The van der Waals surface area contributed by atoms with Gasteiger partial charge in [-0.2, -0.15) is 0 Å². The first kappa shape index (κ1) is 31.3. The molecule has 0 saturated carbocycles. The van der Waals surface area contributed by atoms with Crippen LogP contribution in [0.3, 0.4) is 0 Å². The van der Waals surface area contributed by atoms with Crippen LogP contribution in [0.15, 0.2) is 0 Å². The number of rotatable bonds is 23. The monoisotopic (exact) mass is 459 g/mol. The van der Waals surface area contributed by atoms with Crippen LogP contribution >= 0.6 is 0 Å². The topological polar surface area (TPSA) is 78.8 Å². The van der Waals surface area contributed by atoms with Crippen molar-refractivity contribution >= 4 is 5.97 Å². The van der Waals surface area contributed by atoms with Crippen molar-refractivity contribution in [1.82, 2.24) is 0 Å². The average molecular weight is 460 g/mol. The van der Waals surface area contributed by atoms with Gasteiger partial charge in [-0.3, -0.25) is 4.79 Å². The Bertz CT molecular complexity index is 425. The molecule has 192 valence electrons. The highest BCUT2D eigenvalue weighted by atomic mass is 16.6. The van der Waals surface area contributed by atoms with E-state index in [1.54, 1.807) is 0 Å². The summed E-state index contributed by atoms with van der Waals surface area (Å²) in [5, 5.41) is 21.4. The molecule has 0 aliphatic carbocycles. The van der Waals surface area contributed by atoms with Crippen LogP contribution in [0.1, 0.15) is 110 Å². The zero-order valence-corrected chi connectivity index (χ0v) is 21.6. The minimum atomic E-state index is -1.54. The Labute approximate surface area is 198 Å². The molecule has 0 rings (SSSR count). The number of nitrogens with zero attached hydrogens (tertiary/aromatic N) is 1. The molecule has 0 spiro atoms. The smallest absolute Gasteiger partial charge is 0.306 e. The fourth-order valence-electron chi connectivity index (χ4n) is 3.60. The van der Waals surface area contributed by atoms with Gasteiger partial charge in [-0.25, -0.2) is 0 Å². The van der Waals surface area contributed by atoms with E-state index < -0.39 is 25.0 Å². The minimum absolute atomic E-state index is 0.269. The standard InChI is InChI=1S/C26H53NO5/c1-5-6-7-8-9-10-11-12-13-14-15-16-17-18-19-20-25(29)32-24(23-28)26(30)31-22-21-27(2,3)4/h24,26,28H,5-23H2,1-4H3. The predicted octanol–water partition coefficient (Wildman–Crippen LogP) is 4.56. The number of carbonyl (C=O) groups is 1. The predicted molar refractivity (Wildman–Crippen MR) is 129 cm³/mol. The number of aliphatic hydroxyl groups is 1. The number of quaternary nitrogens is 1. The summed E-state index contributed by atoms with van der Waals surface area (Å²) in [7, 11) is 6.01. The lowest BCUT2D eigenvalue weighted by molar-refractivity contribution is -0.871. The van der Waals surface area contributed by atoms with Crippen LogP contribution in [-0.2, 0) is 14.3 Å². The number of ether oxygens (including phenoxy) is 2. The van der Waals surface area contributed by atoms with Crippen molar-refractivity contribution in [1.29, 1.82) is 0 Å². The number of aliphatic hydroxyl groups excluding tert-OH is 1. The maximum absolute atomic E-state index is 12.0. The van der Waals surface area contributed by atoms with Crippen molar-refractivity contribution in [2.45, 2.75) is 122 Å². The first-order valence-electron chi connectivity index (χ1n) is 13.2. The molecule has 0 heterocycles. The van der Waals surface area contributed by atoms with Crippen molar-refractivity contribution in [3.8, 4) is 0 Å². The molecule has 2 atom stereocenters. The summed E-state index contributed by atoms with van der Waals surface area (Å²) in [6.07, 6.45) is 16.7. The SMILES string of the molecule is CCCCCCCCCCCCCCCCCC(=O)OC(CO)C([O-])OCC[N+](C)(C)C. The van der Waals surface area contributed by atoms with Crippen LogP contribution in [-0.4, -0.2) is 68.9 Å². The lowest BCUT2D eigenvalue weighted by Gasteiger charge is -2.32. The molecule has 0 aliphatic heterocycles. The summed E-state index contributed by atoms with van der Waals surface area (Å²) >= 11 is 0. The Morgan fingerprint density at radius 1 is 0.812 bits per heavy atom. The number of esters is 1. The van der Waals surface area contributed by atoms with Gasteiger partial charge in [-0.05, 0) is 6.42 Å². The zero-order chi connectivity index (χ0) is 24.1. The third-order valence-electron chi connectivity index (χ3n) is 5.80. The van der Waals surface area contributed by atoms with Crippen molar-refractivity contribution in [2.75, 3.05) is 40.9 Å². The highest BCUT2D eigenvalue weighted by Crippen LogP contribution is 2.14. The van der Waals surface area contributed by atoms with E-state index in [1.807, 2.05) is 21.1 Å². The van der Waals surface area contributed by atoms with Gasteiger partial charge in [0.05, 0.1) is 34.4 Å².